The molecule has 0 bridgehead atoms. The first kappa shape index (κ1) is 25.6. The first-order valence-corrected chi connectivity index (χ1v) is 11.7. The van der Waals surface area contributed by atoms with Crippen LogP contribution in [0.4, 0.5) is 0 Å². The van der Waals surface area contributed by atoms with Gasteiger partial charge in [-0.3, -0.25) is 0 Å². The van der Waals surface area contributed by atoms with Crippen LogP contribution in [0.15, 0.2) is 48.5 Å². The number of ether oxygens (including phenoxy) is 2. The number of carbonyl (C=O) groups excluding carboxylic acids is 2. The lowest BCUT2D eigenvalue weighted by molar-refractivity contribution is -0.908. The molecule has 1 unspecified atom stereocenters. The predicted octanol–water partition coefficient (Wildman–Crippen LogP) is 5.21. The Hall–Kier alpha value is -2.66. The van der Waals surface area contributed by atoms with Gasteiger partial charge in [-0.2, -0.15) is 0 Å². The molecular formula is C27H38NO4+. The molecule has 2 rings (SSSR count). The predicted molar refractivity (Wildman–Crippen MR) is 128 cm³/mol. The lowest BCUT2D eigenvalue weighted by Gasteiger charge is -2.35. The van der Waals surface area contributed by atoms with E-state index < -0.39 is 18.0 Å². The number of nitrogens with zero attached hydrogens (tertiary/aromatic N) is 1. The Labute approximate surface area is 192 Å². The number of quaternary nitrogens is 1. The van der Waals surface area contributed by atoms with Crippen molar-refractivity contribution in [1.29, 1.82) is 0 Å². The van der Waals surface area contributed by atoms with Crippen molar-refractivity contribution < 1.29 is 23.5 Å². The fourth-order valence-corrected chi connectivity index (χ4v) is 3.45. The minimum atomic E-state index is -0.526. The average Bonchev–Trinajstić information content (AvgIpc) is 2.81. The Morgan fingerprint density at radius 3 is 2.00 bits per heavy atom. The van der Waals surface area contributed by atoms with Crippen molar-refractivity contribution in [2.75, 3.05) is 33.3 Å². The van der Waals surface area contributed by atoms with Crippen molar-refractivity contribution in [2.24, 2.45) is 0 Å². The van der Waals surface area contributed by atoms with E-state index in [1.807, 2.05) is 31.2 Å². The summed E-state index contributed by atoms with van der Waals surface area (Å²) in [6.45, 7) is 10.7. The maximum atomic E-state index is 12.7. The van der Waals surface area contributed by atoms with Crippen LogP contribution in [-0.4, -0.2) is 55.8 Å². The summed E-state index contributed by atoms with van der Waals surface area (Å²) in [6.07, 6.45) is 2.75. The van der Waals surface area contributed by atoms with Gasteiger partial charge in [0.15, 0.2) is 6.10 Å². The van der Waals surface area contributed by atoms with Gasteiger partial charge >= 0.3 is 11.9 Å². The fraction of sp³-hybridized carbons (Fsp3) is 0.481. The number of hydrogen-bond acceptors (Lipinski definition) is 4. The van der Waals surface area contributed by atoms with Gasteiger partial charge in [-0.15, -0.1) is 0 Å². The second kappa shape index (κ2) is 12.4. The molecule has 0 aliphatic heterocycles. The fourth-order valence-electron chi connectivity index (χ4n) is 3.45. The number of rotatable bonds is 12. The van der Waals surface area contributed by atoms with Gasteiger partial charge in [0.25, 0.3) is 0 Å². The molecule has 0 spiro atoms. The van der Waals surface area contributed by atoms with E-state index in [1.54, 1.807) is 24.3 Å². The number of unbranched alkanes of at least 4 members (excludes halogenated alkanes) is 1. The van der Waals surface area contributed by atoms with Crippen LogP contribution in [-0.2, 0) is 15.9 Å². The molecule has 2 aromatic rings. The molecule has 32 heavy (non-hydrogen) atoms. The number of esters is 2. The third-order valence-corrected chi connectivity index (χ3v) is 6.14. The van der Waals surface area contributed by atoms with Gasteiger partial charge in [0.2, 0.25) is 0 Å². The number of carbonyl (C=O) groups is 2. The van der Waals surface area contributed by atoms with E-state index in [0.717, 1.165) is 42.4 Å². The maximum Gasteiger partial charge on any atom is 0.338 e. The van der Waals surface area contributed by atoms with Gasteiger partial charge < -0.3 is 14.0 Å². The number of likely N-dealkylation sites (N-methyl/N-ethyl adjacent to an activating group) is 1. The third-order valence-electron chi connectivity index (χ3n) is 6.14. The Morgan fingerprint density at radius 1 is 0.875 bits per heavy atom. The highest BCUT2D eigenvalue weighted by Crippen LogP contribution is 2.13. The molecule has 5 nitrogen and oxygen atoms in total. The van der Waals surface area contributed by atoms with Gasteiger partial charge in [0.05, 0.1) is 31.3 Å². The van der Waals surface area contributed by atoms with Gasteiger partial charge in [-0.05, 0) is 63.4 Å². The average molecular weight is 441 g/mol. The highest BCUT2D eigenvalue weighted by atomic mass is 16.6. The molecule has 2 aromatic carbocycles. The Morgan fingerprint density at radius 2 is 1.44 bits per heavy atom. The minimum Gasteiger partial charge on any atom is -0.458 e. The molecule has 0 fully saturated rings. The van der Waals surface area contributed by atoms with Crippen LogP contribution in [0.2, 0.25) is 0 Å². The van der Waals surface area contributed by atoms with Gasteiger partial charge in [-0.25, -0.2) is 9.59 Å². The zero-order chi connectivity index (χ0) is 23.6. The Kier molecular flexibility index (Phi) is 9.92. The monoisotopic (exact) mass is 440 g/mol. The van der Waals surface area contributed by atoms with Crippen molar-refractivity contribution in [3.8, 4) is 0 Å². The van der Waals surface area contributed by atoms with Crippen molar-refractivity contribution in [1.82, 2.24) is 0 Å². The number of hydrogen-bond donors (Lipinski definition) is 0. The van der Waals surface area contributed by atoms with E-state index in [1.165, 1.54) is 5.56 Å². The van der Waals surface area contributed by atoms with Crippen LogP contribution >= 0.6 is 0 Å². The summed E-state index contributed by atoms with van der Waals surface area (Å²) in [5, 5.41) is 0. The maximum absolute atomic E-state index is 12.7. The number of benzene rings is 2. The SMILES string of the molecule is CCCCc1ccc(C(=O)OCC(C[N+](C)(CC)CC)OC(=O)c2ccc(C)cc2)cc1. The van der Waals surface area contributed by atoms with Crippen molar-refractivity contribution in [2.45, 2.75) is 53.1 Å². The highest BCUT2D eigenvalue weighted by molar-refractivity contribution is 5.90. The zero-order valence-corrected chi connectivity index (χ0v) is 20.2. The summed E-state index contributed by atoms with van der Waals surface area (Å²) in [5.41, 5.74) is 3.30. The summed E-state index contributed by atoms with van der Waals surface area (Å²) in [6, 6.07) is 14.8. The van der Waals surface area contributed by atoms with Crippen molar-refractivity contribution in [3.63, 3.8) is 0 Å². The summed E-state index contributed by atoms with van der Waals surface area (Å²) >= 11 is 0. The topological polar surface area (TPSA) is 52.6 Å². The van der Waals surface area contributed by atoms with Crippen LogP contribution in [0.5, 0.6) is 0 Å². The molecule has 0 radical (unpaired) electrons. The number of aryl methyl sites for hydroxylation is 2. The largest absolute Gasteiger partial charge is 0.458 e. The van der Waals surface area contributed by atoms with Crippen molar-refractivity contribution in [3.05, 3.63) is 70.8 Å². The van der Waals surface area contributed by atoms with E-state index in [9.17, 15) is 9.59 Å². The Bertz CT molecular complexity index is 854. The molecule has 174 valence electrons. The van der Waals surface area contributed by atoms with Crippen LogP contribution in [0.25, 0.3) is 0 Å². The zero-order valence-electron chi connectivity index (χ0n) is 20.2. The molecule has 1 atom stereocenters. The first-order valence-electron chi connectivity index (χ1n) is 11.7. The summed E-state index contributed by atoms with van der Waals surface area (Å²) < 4.78 is 12.1. The first-order chi connectivity index (χ1) is 15.3. The summed E-state index contributed by atoms with van der Waals surface area (Å²) in [5.74, 6) is -0.796. The quantitative estimate of drug-likeness (QED) is 0.336. The minimum absolute atomic E-state index is 0.0296. The smallest absolute Gasteiger partial charge is 0.338 e. The van der Waals surface area contributed by atoms with E-state index in [4.69, 9.17) is 9.47 Å². The van der Waals surface area contributed by atoms with Crippen molar-refractivity contribution >= 4 is 11.9 Å². The molecule has 5 heteroatoms. The van der Waals surface area contributed by atoms with Crippen LogP contribution in [0.1, 0.15) is 65.5 Å². The highest BCUT2D eigenvalue weighted by Gasteiger charge is 2.28. The molecule has 0 amide bonds. The van der Waals surface area contributed by atoms with Crippen LogP contribution in [0, 0.1) is 6.92 Å². The second-order valence-corrected chi connectivity index (χ2v) is 8.73. The Balaban J connectivity index is 2.05. The molecule has 0 N–H and O–H groups in total. The van der Waals surface area contributed by atoms with Gasteiger partial charge in [0.1, 0.15) is 13.2 Å². The molecule has 0 aliphatic carbocycles. The van der Waals surface area contributed by atoms with Crippen LogP contribution in [0.3, 0.4) is 0 Å². The summed E-state index contributed by atoms with van der Waals surface area (Å²) in [4.78, 5) is 25.3. The third kappa shape index (κ3) is 7.79. The van der Waals surface area contributed by atoms with Gasteiger partial charge in [-0.1, -0.05) is 43.2 Å². The molecule has 0 saturated carbocycles. The molecular weight excluding hydrogens is 402 g/mol. The standard InChI is InChI=1S/C27H38NO4/c1-6-9-10-22-13-17-23(18-14-22)26(29)31-20-25(19-28(5,7-2)8-3)32-27(30)24-15-11-21(4)12-16-24/h11-18,25H,6-10,19-20H2,1-5H3/q+1. The second-order valence-electron chi connectivity index (χ2n) is 8.73. The van der Waals surface area contributed by atoms with Crippen LogP contribution < -0.4 is 0 Å². The summed E-state index contributed by atoms with van der Waals surface area (Å²) in [7, 11) is 2.11. The molecule has 0 heterocycles. The van der Waals surface area contributed by atoms with E-state index >= 15 is 0 Å². The van der Waals surface area contributed by atoms with E-state index in [0.29, 0.717) is 17.7 Å². The normalized spacial score (nSPS) is 12.3. The molecule has 0 saturated heterocycles. The molecule has 0 aliphatic rings. The lowest BCUT2D eigenvalue weighted by atomic mass is 10.1. The van der Waals surface area contributed by atoms with E-state index in [-0.39, 0.29) is 6.61 Å². The van der Waals surface area contributed by atoms with Gasteiger partial charge in [0, 0.05) is 0 Å². The molecule has 0 aromatic heterocycles. The van der Waals surface area contributed by atoms with E-state index in [2.05, 4.69) is 27.8 Å². The lowest BCUT2D eigenvalue weighted by Crippen LogP contribution is -2.50.